The summed E-state index contributed by atoms with van der Waals surface area (Å²) in [5.74, 6) is 0.366. The van der Waals surface area contributed by atoms with Crippen LogP contribution in [0.15, 0.2) is 28.9 Å². The highest BCUT2D eigenvalue weighted by Gasteiger charge is 2.29. The van der Waals surface area contributed by atoms with Crippen LogP contribution in [0.25, 0.3) is 11.0 Å². The van der Waals surface area contributed by atoms with Crippen LogP contribution in [0.5, 0.6) is 5.75 Å². The minimum Gasteiger partial charge on any atom is -0.495 e. The van der Waals surface area contributed by atoms with Crippen LogP contribution in [0.2, 0.25) is 0 Å². The smallest absolute Gasteiger partial charge is 0.323 e. The second kappa shape index (κ2) is 8.42. The molecular formula is C19H20N6O6. The van der Waals surface area contributed by atoms with Gasteiger partial charge in [0.2, 0.25) is 5.52 Å². The third-order valence-electron chi connectivity index (χ3n) is 5.28. The van der Waals surface area contributed by atoms with Gasteiger partial charge in [0, 0.05) is 25.2 Å². The Labute approximate surface area is 176 Å². The molecule has 4 rings (SSSR count). The van der Waals surface area contributed by atoms with Gasteiger partial charge in [0.25, 0.3) is 5.69 Å². The monoisotopic (exact) mass is 428 g/mol. The standard InChI is InChI=1S/C19H20N6O6/c1-30-16-7-6-12(24(26)27)10-13(16)20-14-11-15(23-8-4-2-3-5-9-23)19(25(28)29)18-17(14)21-31-22-18/h6-7,10-11,20H,2-5,8-9H2,1H3. The maximum Gasteiger partial charge on any atom is 0.323 e. The molecule has 0 amide bonds. The topological polar surface area (TPSA) is 150 Å². The number of benzene rings is 2. The SMILES string of the molecule is COc1ccc([N+](=O)[O-])cc1Nc1cc(N2CCCCCC2)c([N+](=O)[O-])c2nonc12. The summed E-state index contributed by atoms with van der Waals surface area (Å²) in [6.45, 7) is 1.36. The summed E-state index contributed by atoms with van der Waals surface area (Å²) in [6.07, 6.45) is 3.98. The van der Waals surface area contributed by atoms with Crippen LogP contribution in [0.3, 0.4) is 0 Å². The lowest BCUT2D eigenvalue weighted by molar-refractivity contribution is -0.384. The molecule has 2 heterocycles. The number of nitro benzene ring substituents is 2. The molecule has 1 fully saturated rings. The summed E-state index contributed by atoms with van der Waals surface area (Å²) in [4.78, 5) is 24.1. The van der Waals surface area contributed by atoms with Crippen molar-refractivity contribution in [2.45, 2.75) is 25.7 Å². The van der Waals surface area contributed by atoms with Crippen LogP contribution in [-0.4, -0.2) is 40.4 Å². The minimum absolute atomic E-state index is 0.0126. The fourth-order valence-electron chi connectivity index (χ4n) is 3.80. The molecule has 2 aromatic carbocycles. The summed E-state index contributed by atoms with van der Waals surface area (Å²) in [7, 11) is 1.44. The molecule has 0 aliphatic carbocycles. The molecule has 0 bridgehead atoms. The lowest BCUT2D eigenvalue weighted by Gasteiger charge is -2.23. The van der Waals surface area contributed by atoms with E-state index in [9.17, 15) is 20.2 Å². The summed E-state index contributed by atoms with van der Waals surface area (Å²) in [5.41, 5.74) is 0.957. The number of methoxy groups -OCH3 is 1. The maximum absolute atomic E-state index is 11.9. The van der Waals surface area contributed by atoms with Gasteiger partial charge in [-0.05, 0) is 35.3 Å². The van der Waals surface area contributed by atoms with Gasteiger partial charge < -0.3 is 15.0 Å². The van der Waals surface area contributed by atoms with Gasteiger partial charge in [-0.1, -0.05) is 12.8 Å². The van der Waals surface area contributed by atoms with Crippen LogP contribution in [-0.2, 0) is 0 Å². The fraction of sp³-hybridized carbons (Fsp3) is 0.368. The molecule has 0 unspecified atom stereocenters. The number of non-ortho nitro benzene ring substituents is 1. The highest BCUT2D eigenvalue weighted by Crippen LogP contribution is 2.42. The van der Waals surface area contributed by atoms with E-state index in [1.54, 1.807) is 6.07 Å². The zero-order chi connectivity index (χ0) is 22.0. The fourth-order valence-corrected chi connectivity index (χ4v) is 3.80. The van der Waals surface area contributed by atoms with E-state index in [2.05, 4.69) is 15.6 Å². The number of hydrogen-bond donors (Lipinski definition) is 1. The van der Waals surface area contributed by atoms with Crippen LogP contribution in [0.1, 0.15) is 25.7 Å². The van der Waals surface area contributed by atoms with Gasteiger partial charge in [0.15, 0.2) is 5.52 Å². The summed E-state index contributed by atoms with van der Waals surface area (Å²) < 4.78 is 10.1. The first kappa shape index (κ1) is 20.3. The van der Waals surface area contributed by atoms with E-state index < -0.39 is 9.85 Å². The number of nitro groups is 2. The van der Waals surface area contributed by atoms with E-state index in [1.165, 1.54) is 25.3 Å². The van der Waals surface area contributed by atoms with Crippen molar-refractivity contribution in [3.8, 4) is 5.75 Å². The molecule has 0 radical (unpaired) electrons. The van der Waals surface area contributed by atoms with Crippen molar-refractivity contribution in [3.63, 3.8) is 0 Å². The number of nitrogens with one attached hydrogen (secondary N) is 1. The van der Waals surface area contributed by atoms with E-state index in [0.717, 1.165) is 25.7 Å². The van der Waals surface area contributed by atoms with Gasteiger partial charge >= 0.3 is 5.69 Å². The van der Waals surface area contributed by atoms with E-state index in [-0.39, 0.29) is 22.4 Å². The first-order valence-corrected chi connectivity index (χ1v) is 9.77. The quantitative estimate of drug-likeness (QED) is 0.447. The first-order valence-electron chi connectivity index (χ1n) is 9.77. The predicted molar refractivity (Wildman–Crippen MR) is 112 cm³/mol. The van der Waals surface area contributed by atoms with Gasteiger partial charge in [0.05, 0.1) is 28.3 Å². The Kier molecular flexibility index (Phi) is 5.52. The zero-order valence-corrected chi connectivity index (χ0v) is 16.7. The Bertz CT molecular complexity index is 1140. The van der Waals surface area contributed by atoms with Gasteiger partial charge in [-0.2, -0.15) is 0 Å². The normalized spacial score (nSPS) is 14.3. The molecule has 0 spiro atoms. The lowest BCUT2D eigenvalue weighted by atomic mass is 10.1. The van der Waals surface area contributed by atoms with E-state index in [0.29, 0.717) is 35.9 Å². The van der Waals surface area contributed by atoms with E-state index in [1.807, 2.05) is 4.90 Å². The number of rotatable bonds is 6. The van der Waals surface area contributed by atoms with Crippen LogP contribution in [0.4, 0.5) is 28.4 Å². The third-order valence-corrected chi connectivity index (χ3v) is 5.28. The third kappa shape index (κ3) is 3.91. The highest BCUT2D eigenvalue weighted by atomic mass is 16.6. The van der Waals surface area contributed by atoms with Gasteiger partial charge in [-0.25, -0.2) is 4.63 Å². The summed E-state index contributed by atoms with van der Waals surface area (Å²) in [6, 6.07) is 5.75. The molecule has 31 heavy (non-hydrogen) atoms. The van der Waals surface area contributed by atoms with Crippen LogP contribution < -0.4 is 15.0 Å². The molecule has 1 aromatic heterocycles. The molecule has 162 valence electrons. The van der Waals surface area contributed by atoms with Gasteiger partial charge in [0.1, 0.15) is 11.4 Å². The average molecular weight is 428 g/mol. The average Bonchev–Trinajstić information content (AvgIpc) is 3.08. The number of aromatic nitrogens is 2. The van der Waals surface area contributed by atoms with Crippen LogP contribution >= 0.6 is 0 Å². The maximum atomic E-state index is 11.9. The number of nitrogens with zero attached hydrogens (tertiary/aromatic N) is 5. The Balaban J connectivity index is 1.86. The van der Waals surface area contributed by atoms with Crippen molar-refractivity contribution in [1.82, 2.24) is 10.3 Å². The number of ether oxygens (including phenoxy) is 1. The van der Waals surface area contributed by atoms with Crippen LogP contribution in [0, 0.1) is 20.2 Å². The number of hydrogen-bond acceptors (Lipinski definition) is 10. The Hall–Kier alpha value is -3.96. The number of anilines is 3. The van der Waals surface area contributed by atoms with Crippen molar-refractivity contribution >= 4 is 39.5 Å². The largest absolute Gasteiger partial charge is 0.495 e. The van der Waals surface area contributed by atoms with Crippen molar-refractivity contribution in [2.24, 2.45) is 0 Å². The van der Waals surface area contributed by atoms with Crippen molar-refractivity contribution in [2.75, 3.05) is 30.4 Å². The molecule has 12 nitrogen and oxygen atoms in total. The second-order valence-corrected chi connectivity index (χ2v) is 7.18. The Morgan fingerprint density at radius 3 is 2.35 bits per heavy atom. The van der Waals surface area contributed by atoms with Crippen molar-refractivity contribution < 1.29 is 19.2 Å². The molecule has 1 N–H and O–H groups in total. The van der Waals surface area contributed by atoms with Gasteiger partial charge in [-0.3, -0.25) is 20.2 Å². The lowest BCUT2D eigenvalue weighted by Crippen LogP contribution is -2.25. The molecular weight excluding hydrogens is 408 g/mol. The van der Waals surface area contributed by atoms with Crippen molar-refractivity contribution in [3.05, 3.63) is 44.5 Å². The predicted octanol–water partition coefficient (Wildman–Crippen LogP) is 4.17. The summed E-state index contributed by atoms with van der Waals surface area (Å²) >= 11 is 0. The van der Waals surface area contributed by atoms with Crippen molar-refractivity contribution in [1.29, 1.82) is 0 Å². The molecule has 1 saturated heterocycles. The Morgan fingerprint density at radius 1 is 1.00 bits per heavy atom. The zero-order valence-electron chi connectivity index (χ0n) is 16.7. The van der Waals surface area contributed by atoms with E-state index in [4.69, 9.17) is 9.37 Å². The first-order chi connectivity index (χ1) is 15.0. The number of fused-ring (bicyclic) bond motifs is 1. The minimum atomic E-state index is -0.517. The molecule has 1 aliphatic rings. The molecule has 0 atom stereocenters. The van der Waals surface area contributed by atoms with E-state index >= 15 is 0 Å². The molecule has 0 saturated carbocycles. The highest BCUT2D eigenvalue weighted by molar-refractivity contribution is 6.01. The summed E-state index contributed by atoms with van der Waals surface area (Å²) in [5, 5.41) is 33.8. The van der Waals surface area contributed by atoms with Gasteiger partial charge in [-0.15, -0.1) is 0 Å². The molecule has 1 aliphatic heterocycles. The second-order valence-electron chi connectivity index (χ2n) is 7.18. The molecule has 3 aromatic rings. The molecule has 12 heteroatoms. The Morgan fingerprint density at radius 2 is 1.71 bits per heavy atom.